The van der Waals surface area contributed by atoms with E-state index in [1.54, 1.807) is 24.3 Å². The third-order valence-corrected chi connectivity index (χ3v) is 2.29. The molecule has 82 valence electrons. The lowest BCUT2D eigenvalue weighted by Crippen LogP contribution is -2.36. The second kappa shape index (κ2) is 3.65. The maximum atomic E-state index is 11.1. The van der Waals surface area contributed by atoms with Gasteiger partial charge in [-0.05, 0) is 5.56 Å². The second-order valence-electron chi connectivity index (χ2n) is 3.24. The molecule has 1 heterocycles. The third kappa shape index (κ3) is 1.50. The molecule has 0 aromatic heterocycles. The van der Waals surface area contributed by atoms with Crippen LogP contribution in [-0.4, -0.2) is 33.5 Å². The summed E-state index contributed by atoms with van der Waals surface area (Å²) in [5.41, 5.74) is 1.04. The van der Waals surface area contributed by atoms with Crippen molar-refractivity contribution in [2.45, 2.75) is 6.04 Å². The van der Waals surface area contributed by atoms with Gasteiger partial charge in [-0.3, -0.25) is 0 Å². The van der Waals surface area contributed by atoms with Crippen LogP contribution in [0.25, 0.3) is 0 Å². The van der Waals surface area contributed by atoms with Crippen molar-refractivity contribution < 1.29 is 19.8 Å². The summed E-state index contributed by atoms with van der Waals surface area (Å²) in [6, 6.07) is 5.39. The Morgan fingerprint density at radius 3 is 2.56 bits per heavy atom. The molecule has 6 nitrogen and oxygen atoms in total. The van der Waals surface area contributed by atoms with Gasteiger partial charge in [0.2, 0.25) is 0 Å². The summed E-state index contributed by atoms with van der Waals surface area (Å²) >= 11 is 0. The van der Waals surface area contributed by atoms with Crippen molar-refractivity contribution in [2.24, 2.45) is 5.10 Å². The number of carbonyl (C=O) groups is 2. The average molecular weight is 220 g/mol. The summed E-state index contributed by atoms with van der Waals surface area (Å²) < 4.78 is 0. The topological polar surface area (TPSA) is 90.2 Å². The Bertz CT molecular complexity index is 483. The summed E-state index contributed by atoms with van der Waals surface area (Å²) in [6.45, 7) is 0. The van der Waals surface area contributed by atoms with E-state index in [1.165, 1.54) is 6.21 Å². The number of benzene rings is 1. The van der Waals surface area contributed by atoms with Crippen LogP contribution in [0.3, 0.4) is 0 Å². The van der Waals surface area contributed by atoms with Crippen molar-refractivity contribution in [1.82, 2.24) is 5.01 Å². The fraction of sp³-hybridized carbons (Fsp3) is 0.100. The van der Waals surface area contributed by atoms with Crippen LogP contribution in [-0.2, 0) is 4.79 Å². The molecule has 1 atom stereocenters. The molecule has 1 amide bonds. The highest BCUT2D eigenvalue weighted by Gasteiger charge is 2.34. The smallest absolute Gasteiger partial charge is 0.429 e. The summed E-state index contributed by atoms with van der Waals surface area (Å²) in [6.07, 6.45) is -0.0544. The largest absolute Gasteiger partial charge is 0.479 e. The van der Waals surface area contributed by atoms with Crippen LogP contribution in [0.5, 0.6) is 0 Å². The number of nitrogens with zero attached hydrogens (tertiary/aromatic N) is 2. The number of carboxylic acids is 1. The van der Waals surface area contributed by atoms with E-state index in [9.17, 15) is 9.59 Å². The molecule has 0 bridgehead atoms. The van der Waals surface area contributed by atoms with Crippen molar-refractivity contribution in [1.29, 1.82) is 0 Å². The summed E-state index contributed by atoms with van der Waals surface area (Å²) in [7, 11) is 0. The van der Waals surface area contributed by atoms with E-state index >= 15 is 0 Å². The van der Waals surface area contributed by atoms with Gasteiger partial charge in [0.15, 0.2) is 6.04 Å². The highest BCUT2D eigenvalue weighted by molar-refractivity contribution is 5.91. The quantitative estimate of drug-likeness (QED) is 0.742. The number of fused-ring (bicyclic) bond motifs is 1. The first kappa shape index (κ1) is 10.2. The third-order valence-electron chi connectivity index (χ3n) is 2.29. The van der Waals surface area contributed by atoms with Crippen molar-refractivity contribution in [3.8, 4) is 0 Å². The van der Waals surface area contributed by atoms with Gasteiger partial charge in [-0.15, -0.1) is 0 Å². The standard InChI is InChI=1S/C10H8N2O4/c13-9(14)8-7-4-2-1-3-6(7)5-11-12(8)10(15)16/h1-5,8H,(H,13,14)(H,15,16). The van der Waals surface area contributed by atoms with Crippen LogP contribution in [0.4, 0.5) is 4.79 Å². The van der Waals surface area contributed by atoms with E-state index in [1.807, 2.05) is 0 Å². The lowest BCUT2D eigenvalue weighted by molar-refractivity contribution is -0.143. The molecule has 2 rings (SSSR count). The molecule has 0 aliphatic carbocycles. The minimum absolute atomic E-state index is 0.424. The summed E-state index contributed by atoms with van der Waals surface area (Å²) in [5.74, 6) is -1.24. The van der Waals surface area contributed by atoms with Gasteiger partial charge in [0.1, 0.15) is 0 Å². The number of carboxylic acid groups (broad SMARTS) is 2. The summed E-state index contributed by atoms with van der Waals surface area (Å²) in [5, 5.41) is 22.0. The Morgan fingerprint density at radius 1 is 1.25 bits per heavy atom. The van der Waals surface area contributed by atoms with E-state index in [0.29, 0.717) is 16.1 Å². The van der Waals surface area contributed by atoms with Crippen LogP contribution < -0.4 is 0 Å². The van der Waals surface area contributed by atoms with Crippen LogP contribution >= 0.6 is 0 Å². The molecule has 0 saturated carbocycles. The first-order chi connectivity index (χ1) is 7.61. The maximum absolute atomic E-state index is 11.1. The minimum Gasteiger partial charge on any atom is -0.479 e. The van der Waals surface area contributed by atoms with Gasteiger partial charge in [0.05, 0.1) is 6.21 Å². The first-order valence-electron chi connectivity index (χ1n) is 4.49. The molecular weight excluding hydrogens is 212 g/mol. The molecule has 0 saturated heterocycles. The number of aliphatic carboxylic acids is 1. The predicted octanol–water partition coefficient (Wildman–Crippen LogP) is 1.14. The SMILES string of the molecule is O=C(O)C1c2ccccc2C=NN1C(=O)O. The zero-order valence-corrected chi connectivity index (χ0v) is 8.07. The van der Waals surface area contributed by atoms with Gasteiger partial charge in [-0.25, -0.2) is 9.59 Å². The highest BCUT2D eigenvalue weighted by Crippen LogP contribution is 2.27. The fourth-order valence-electron chi connectivity index (χ4n) is 1.60. The average Bonchev–Trinajstić information content (AvgIpc) is 2.27. The molecule has 1 aromatic rings. The van der Waals surface area contributed by atoms with Gasteiger partial charge < -0.3 is 10.2 Å². The van der Waals surface area contributed by atoms with E-state index in [2.05, 4.69) is 5.10 Å². The number of hydrogen-bond acceptors (Lipinski definition) is 3. The molecule has 0 fully saturated rings. The van der Waals surface area contributed by atoms with Crippen LogP contribution in [0.2, 0.25) is 0 Å². The monoisotopic (exact) mass is 220 g/mol. The van der Waals surface area contributed by atoms with E-state index < -0.39 is 18.1 Å². The van der Waals surface area contributed by atoms with E-state index in [0.717, 1.165) is 0 Å². The minimum atomic E-state index is -1.39. The van der Waals surface area contributed by atoms with Gasteiger partial charge in [0, 0.05) is 5.56 Å². The van der Waals surface area contributed by atoms with Gasteiger partial charge in [0.25, 0.3) is 0 Å². The Balaban J connectivity index is 2.54. The van der Waals surface area contributed by atoms with Gasteiger partial charge in [-0.1, -0.05) is 24.3 Å². The Hall–Kier alpha value is -2.37. The van der Waals surface area contributed by atoms with Crippen LogP contribution in [0, 0.1) is 0 Å². The number of amides is 1. The number of hydrogen-bond donors (Lipinski definition) is 2. The molecule has 0 radical (unpaired) electrons. The number of hydrazone groups is 1. The Labute approximate surface area is 90.4 Å². The maximum Gasteiger partial charge on any atom is 0.429 e. The van der Waals surface area contributed by atoms with Crippen molar-refractivity contribution in [3.63, 3.8) is 0 Å². The molecule has 1 aliphatic rings. The van der Waals surface area contributed by atoms with Crippen molar-refractivity contribution in [3.05, 3.63) is 35.4 Å². The molecule has 1 aliphatic heterocycles. The zero-order chi connectivity index (χ0) is 11.7. The Kier molecular flexibility index (Phi) is 2.32. The normalized spacial score (nSPS) is 18.0. The lowest BCUT2D eigenvalue weighted by Gasteiger charge is -2.26. The van der Waals surface area contributed by atoms with Gasteiger partial charge >= 0.3 is 12.1 Å². The van der Waals surface area contributed by atoms with Crippen LogP contribution in [0.15, 0.2) is 29.4 Å². The molecular formula is C10H8N2O4. The van der Waals surface area contributed by atoms with Crippen molar-refractivity contribution in [2.75, 3.05) is 0 Å². The van der Waals surface area contributed by atoms with E-state index in [-0.39, 0.29) is 0 Å². The molecule has 16 heavy (non-hydrogen) atoms. The van der Waals surface area contributed by atoms with Crippen LogP contribution in [0.1, 0.15) is 17.2 Å². The molecule has 0 spiro atoms. The first-order valence-corrected chi connectivity index (χ1v) is 4.49. The molecule has 1 aromatic carbocycles. The Morgan fingerprint density at radius 2 is 1.94 bits per heavy atom. The van der Waals surface area contributed by atoms with E-state index in [4.69, 9.17) is 10.2 Å². The molecule has 2 N–H and O–H groups in total. The van der Waals surface area contributed by atoms with Gasteiger partial charge in [-0.2, -0.15) is 10.1 Å². The fourth-order valence-corrected chi connectivity index (χ4v) is 1.60. The zero-order valence-electron chi connectivity index (χ0n) is 8.07. The second-order valence-corrected chi connectivity index (χ2v) is 3.24. The summed E-state index contributed by atoms with van der Waals surface area (Å²) in [4.78, 5) is 21.9. The highest BCUT2D eigenvalue weighted by atomic mass is 16.4. The van der Waals surface area contributed by atoms with Crippen molar-refractivity contribution >= 4 is 18.3 Å². The number of rotatable bonds is 1. The molecule has 6 heteroatoms. The predicted molar refractivity (Wildman–Crippen MR) is 54.3 cm³/mol. The lowest BCUT2D eigenvalue weighted by atomic mass is 9.99. The molecule has 1 unspecified atom stereocenters.